The maximum atomic E-state index is 4.82. The van der Waals surface area contributed by atoms with Crippen LogP contribution in [0.15, 0.2) is 0 Å². The van der Waals surface area contributed by atoms with E-state index in [1.165, 1.54) is 0 Å². The Hall–Kier alpha value is 0.986. The van der Waals surface area contributed by atoms with Crippen molar-refractivity contribution >= 4 is 81.4 Å². The van der Waals surface area contributed by atoms with Crippen molar-refractivity contribution in [2.45, 2.75) is 40.5 Å². The average molecular weight is 349 g/mol. The van der Waals surface area contributed by atoms with E-state index in [9.17, 15) is 0 Å². The normalized spacial score (nSPS) is 8.63. The largest absolute Gasteiger partial charge is 2.00 e. The molecule has 0 aromatic carbocycles. The maximum Gasteiger partial charge on any atom is 2.00 e. The van der Waals surface area contributed by atoms with Crippen LogP contribution in [0, 0.1) is 0 Å². The van der Waals surface area contributed by atoms with Crippen molar-refractivity contribution in [2.75, 3.05) is 26.2 Å². The summed E-state index contributed by atoms with van der Waals surface area (Å²) in [5.74, 6) is 0. The summed E-state index contributed by atoms with van der Waals surface area (Å²) in [6.45, 7) is 12.2. The Balaban J connectivity index is -0.000000256. The minimum atomic E-state index is 0. The molecule has 7 heteroatoms. The van der Waals surface area contributed by atoms with E-state index in [1.807, 2.05) is 9.80 Å². The Morgan fingerprint density at radius 1 is 0.789 bits per heavy atom. The van der Waals surface area contributed by atoms with Crippen molar-refractivity contribution in [3.63, 3.8) is 0 Å². The molecule has 0 fully saturated rings. The van der Waals surface area contributed by atoms with Gasteiger partial charge in [-0.2, -0.15) is 0 Å². The summed E-state index contributed by atoms with van der Waals surface area (Å²) in [4.78, 5) is 4.04. The van der Waals surface area contributed by atoms with Gasteiger partial charge in [-0.1, -0.05) is 22.5 Å². The van der Waals surface area contributed by atoms with Gasteiger partial charge in [0.2, 0.25) is 0 Å². The summed E-state index contributed by atoms with van der Waals surface area (Å²) < 4.78 is 1.19. The van der Waals surface area contributed by atoms with Crippen LogP contribution in [0.5, 0.6) is 0 Å². The summed E-state index contributed by atoms with van der Waals surface area (Å²) in [6.07, 6.45) is 2.23. The molecule has 0 N–H and O–H groups in total. The molecule has 0 heterocycles. The molecule has 2 nitrogen and oxygen atoms in total. The summed E-state index contributed by atoms with van der Waals surface area (Å²) in [5, 5.41) is 0. The molecule has 0 saturated heterocycles. The molecule has 0 amide bonds. The fourth-order valence-electron chi connectivity index (χ4n) is 1.30. The zero-order chi connectivity index (χ0) is 14.6. The van der Waals surface area contributed by atoms with E-state index < -0.39 is 0 Å². The van der Waals surface area contributed by atoms with Crippen LogP contribution >= 0.6 is 24.4 Å². The molecule has 0 atom stereocenters. The van der Waals surface area contributed by atoms with Crippen molar-refractivity contribution in [1.82, 2.24) is 9.80 Å². The van der Waals surface area contributed by atoms with E-state index in [1.54, 1.807) is 0 Å². The first-order valence-electron chi connectivity index (χ1n) is 6.36. The molecule has 0 rings (SSSR count). The van der Waals surface area contributed by atoms with Crippen LogP contribution < -0.4 is 0 Å². The standard InChI is InChI=1S/2C6H13NS2.Mg/c2*1-3-5-7(4-2)6(8)9;/h2*3-5H2,1-2H3,(H,8,9);/q;;+2/p-2. The van der Waals surface area contributed by atoms with Gasteiger partial charge in [0, 0.05) is 26.2 Å². The Bertz CT molecular complexity index is 216. The topological polar surface area (TPSA) is 6.48 Å². The van der Waals surface area contributed by atoms with Crippen LogP contribution in [0.2, 0.25) is 0 Å². The zero-order valence-electron chi connectivity index (χ0n) is 12.5. The summed E-state index contributed by atoms with van der Waals surface area (Å²) in [6, 6.07) is 0. The molecular weight excluding hydrogens is 325 g/mol. The summed E-state index contributed by atoms with van der Waals surface area (Å²) >= 11 is 19.3. The van der Waals surface area contributed by atoms with E-state index in [4.69, 9.17) is 49.7 Å². The fourth-order valence-corrected chi connectivity index (χ4v) is 2.18. The van der Waals surface area contributed by atoms with Crippen LogP contribution in [-0.2, 0) is 25.3 Å². The number of nitrogens with zero attached hydrogens (tertiary/aromatic N) is 2. The third kappa shape index (κ3) is 15.2. The molecule has 0 spiro atoms. The monoisotopic (exact) mass is 348 g/mol. The van der Waals surface area contributed by atoms with Gasteiger partial charge in [-0.15, -0.1) is 0 Å². The molecule has 0 aromatic heterocycles. The van der Waals surface area contributed by atoms with Gasteiger partial charge in [0.15, 0.2) is 0 Å². The number of thiocarbonyl (C=S) groups is 2. The molecular formula is C12H24MgN2S4. The van der Waals surface area contributed by atoms with Gasteiger partial charge in [0.25, 0.3) is 0 Å². The van der Waals surface area contributed by atoms with E-state index in [0.717, 1.165) is 39.0 Å². The minimum Gasteiger partial charge on any atom is -0.411 e. The van der Waals surface area contributed by atoms with E-state index in [2.05, 4.69) is 27.7 Å². The summed E-state index contributed by atoms with van der Waals surface area (Å²) in [5.41, 5.74) is 0. The molecule has 0 aromatic rings. The van der Waals surface area contributed by atoms with Crippen molar-refractivity contribution in [3.05, 3.63) is 0 Å². The minimum absolute atomic E-state index is 0. The van der Waals surface area contributed by atoms with Crippen molar-refractivity contribution < 1.29 is 0 Å². The first-order valence-corrected chi connectivity index (χ1v) is 7.99. The third-order valence-electron chi connectivity index (χ3n) is 2.27. The van der Waals surface area contributed by atoms with Crippen LogP contribution in [0.3, 0.4) is 0 Å². The first-order chi connectivity index (χ1) is 8.44. The molecule has 108 valence electrons. The van der Waals surface area contributed by atoms with Crippen LogP contribution in [0.25, 0.3) is 0 Å². The van der Waals surface area contributed by atoms with Gasteiger partial charge >= 0.3 is 23.1 Å². The van der Waals surface area contributed by atoms with E-state index >= 15 is 0 Å². The van der Waals surface area contributed by atoms with Gasteiger partial charge in [-0.3, -0.25) is 0 Å². The number of hydrogen-bond acceptors (Lipinski definition) is 4. The van der Waals surface area contributed by atoms with Gasteiger partial charge < -0.3 is 59.5 Å². The van der Waals surface area contributed by atoms with Gasteiger partial charge in [-0.25, -0.2) is 0 Å². The van der Waals surface area contributed by atoms with E-state index in [-0.39, 0.29) is 23.1 Å². The molecule has 0 unspecified atom stereocenters. The van der Waals surface area contributed by atoms with Gasteiger partial charge in [-0.05, 0) is 26.7 Å². The van der Waals surface area contributed by atoms with Crippen LogP contribution in [0.4, 0.5) is 0 Å². The molecule has 0 radical (unpaired) electrons. The second kappa shape index (κ2) is 17.0. The van der Waals surface area contributed by atoms with Crippen molar-refractivity contribution in [2.24, 2.45) is 0 Å². The Morgan fingerprint density at radius 2 is 1.05 bits per heavy atom. The Labute approximate surface area is 157 Å². The fraction of sp³-hybridized carbons (Fsp3) is 0.833. The van der Waals surface area contributed by atoms with E-state index in [0.29, 0.717) is 8.64 Å². The van der Waals surface area contributed by atoms with Gasteiger partial charge in [0.05, 0.1) is 0 Å². The van der Waals surface area contributed by atoms with Crippen molar-refractivity contribution in [1.29, 1.82) is 0 Å². The second-order valence-electron chi connectivity index (χ2n) is 3.69. The average Bonchev–Trinajstić information content (AvgIpc) is 2.32. The zero-order valence-corrected chi connectivity index (χ0v) is 17.2. The Kier molecular flexibility index (Phi) is 22.4. The third-order valence-corrected chi connectivity index (χ3v) is 3.30. The molecule has 19 heavy (non-hydrogen) atoms. The molecule has 0 aliphatic carbocycles. The predicted octanol–water partition coefficient (Wildman–Crippen LogP) is 2.72. The number of hydrogen-bond donors (Lipinski definition) is 0. The van der Waals surface area contributed by atoms with Crippen LogP contribution in [0.1, 0.15) is 40.5 Å². The number of rotatable bonds is 6. The second-order valence-corrected chi connectivity index (χ2v) is 5.75. The SMILES string of the molecule is CCCN(CC)C(=S)[S-].CCCN(CC)C(=S)[S-].[Mg+2]. The predicted molar refractivity (Wildman–Crippen MR) is 101 cm³/mol. The quantitative estimate of drug-likeness (QED) is 0.411. The molecule has 0 bridgehead atoms. The van der Waals surface area contributed by atoms with Crippen LogP contribution in [-0.4, -0.2) is 67.7 Å². The first kappa shape index (κ1) is 25.0. The smallest absolute Gasteiger partial charge is 0.411 e. The Morgan fingerprint density at radius 3 is 1.11 bits per heavy atom. The maximum absolute atomic E-state index is 4.82. The molecule has 0 saturated carbocycles. The van der Waals surface area contributed by atoms with Gasteiger partial charge in [0.1, 0.15) is 0 Å². The van der Waals surface area contributed by atoms with Crippen molar-refractivity contribution in [3.8, 4) is 0 Å². The molecule has 0 aliphatic heterocycles. The molecule has 0 aliphatic rings. The summed E-state index contributed by atoms with van der Waals surface area (Å²) in [7, 11) is 0.